The van der Waals surface area contributed by atoms with Crippen LogP contribution in [0.15, 0.2) is 42.5 Å². The van der Waals surface area contributed by atoms with Gasteiger partial charge in [0.25, 0.3) is 11.8 Å². The van der Waals surface area contributed by atoms with E-state index in [1.807, 2.05) is 0 Å². The predicted octanol–water partition coefficient (Wildman–Crippen LogP) is 3.73. The van der Waals surface area contributed by atoms with Crippen molar-refractivity contribution in [2.75, 3.05) is 26.1 Å². The smallest absolute Gasteiger partial charge is 0.255 e. The predicted molar refractivity (Wildman–Crippen MR) is 106 cm³/mol. The van der Waals surface area contributed by atoms with E-state index < -0.39 is 0 Å². The molecule has 0 aliphatic rings. The van der Waals surface area contributed by atoms with Crippen molar-refractivity contribution in [1.29, 1.82) is 0 Å². The molecule has 2 amide bonds. The van der Waals surface area contributed by atoms with Gasteiger partial charge >= 0.3 is 0 Å². The second-order valence-electron chi connectivity index (χ2n) is 6.48. The molecular formula is C21H26N2O4. The van der Waals surface area contributed by atoms with Crippen molar-refractivity contribution in [3.63, 3.8) is 0 Å². The number of para-hydroxylation sites is 1. The number of rotatable bonds is 8. The van der Waals surface area contributed by atoms with Crippen molar-refractivity contribution in [3.05, 3.63) is 53.6 Å². The van der Waals surface area contributed by atoms with Crippen LogP contribution < -0.4 is 20.1 Å². The molecule has 2 aromatic carbocycles. The zero-order valence-electron chi connectivity index (χ0n) is 16.2. The van der Waals surface area contributed by atoms with Crippen LogP contribution in [0.4, 0.5) is 5.69 Å². The van der Waals surface area contributed by atoms with Gasteiger partial charge in [-0.05, 0) is 42.7 Å². The quantitative estimate of drug-likeness (QED) is 0.742. The highest BCUT2D eigenvalue weighted by Crippen LogP contribution is 2.29. The summed E-state index contributed by atoms with van der Waals surface area (Å²) in [5.41, 5.74) is 1.25. The van der Waals surface area contributed by atoms with Crippen LogP contribution in [0.5, 0.6) is 11.5 Å². The van der Waals surface area contributed by atoms with Gasteiger partial charge in [-0.25, -0.2) is 0 Å². The van der Waals surface area contributed by atoms with Crippen LogP contribution >= 0.6 is 0 Å². The Morgan fingerprint density at radius 3 is 2.44 bits per heavy atom. The number of benzene rings is 2. The molecule has 0 aliphatic carbocycles. The average molecular weight is 370 g/mol. The van der Waals surface area contributed by atoms with Crippen LogP contribution in [-0.2, 0) is 0 Å². The first-order valence-corrected chi connectivity index (χ1v) is 8.89. The lowest BCUT2D eigenvalue weighted by Gasteiger charge is -2.14. The Bertz CT molecular complexity index is 803. The van der Waals surface area contributed by atoms with E-state index in [4.69, 9.17) is 9.47 Å². The lowest BCUT2D eigenvalue weighted by molar-refractivity contribution is 0.0964. The fourth-order valence-electron chi connectivity index (χ4n) is 2.45. The summed E-state index contributed by atoms with van der Waals surface area (Å²) in [6.07, 6.45) is 0.932. The minimum Gasteiger partial charge on any atom is -0.493 e. The summed E-state index contributed by atoms with van der Waals surface area (Å²) in [6.45, 7) is 4.84. The third-order valence-electron chi connectivity index (χ3n) is 4.03. The van der Waals surface area contributed by atoms with Crippen molar-refractivity contribution < 1.29 is 19.1 Å². The molecule has 6 heteroatoms. The van der Waals surface area contributed by atoms with Crippen LogP contribution in [0.1, 0.15) is 41.0 Å². The highest BCUT2D eigenvalue weighted by Gasteiger charge is 2.15. The van der Waals surface area contributed by atoms with Crippen molar-refractivity contribution in [2.45, 2.75) is 20.3 Å². The molecule has 0 radical (unpaired) electrons. The highest BCUT2D eigenvalue weighted by atomic mass is 16.5. The summed E-state index contributed by atoms with van der Waals surface area (Å²) in [4.78, 5) is 24.6. The molecule has 0 fully saturated rings. The summed E-state index contributed by atoms with van der Waals surface area (Å²) in [5.74, 6) is 1.03. The number of carbonyl (C=O) groups excluding carboxylic acids is 2. The fraction of sp³-hybridized carbons (Fsp3) is 0.333. The van der Waals surface area contributed by atoms with E-state index in [0.29, 0.717) is 40.8 Å². The summed E-state index contributed by atoms with van der Waals surface area (Å²) in [5, 5.41) is 5.34. The van der Waals surface area contributed by atoms with Crippen molar-refractivity contribution in [2.24, 2.45) is 5.92 Å². The van der Waals surface area contributed by atoms with Gasteiger partial charge in [-0.15, -0.1) is 0 Å². The van der Waals surface area contributed by atoms with E-state index in [-0.39, 0.29) is 11.8 Å². The molecule has 0 aromatic heterocycles. The van der Waals surface area contributed by atoms with E-state index in [0.717, 1.165) is 6.42 Å². The molecule has 27 heavy (non-hydrogen) atoms. The Hall–Kier alpha value is -3.02. The highest BCUT2D eigenvalue weighted by molar-refractivity contribution is 6.09. The van der Waals surface area contributed by atoms with E-state index in [1.54, 1.807) is 49.5 Å². The van der Waals surface area contributed by atoms with Gasteiger partial charge in [-0.3, -0.25) is 9.59 Å². The Kier molecular flexibility index (Phi) is 7.23. The molecule has 0 saturated carbocycles. The zero-order valence-corrected chi connectivity index (χ0v) is 16.2. The van der Waals surface area contributed by atoms with Gasteiger partial charge in [0, 0.05) is 12.6 Å². The van der Waals surface area contributed by atoms with E-state index in [2.05, 4.69) is 24.5 Å². The molecule has 144 valence electrons. The maximum atomic E-state index is 12.6. The summed E-state index contributed by atoms with van der Waals surface area (Å²) >= 11 is 0. The number of amides is 2. The van der Waals surface area contributed by atoms with Crippen LogP contribution in [0.3, 0.4) is 0 Å². The largest absolute Gasteiger partial charge is 0.493 e. The third kappa shape index (κ3) is 5.48. The lowest BCUT2D eigenvalue weighted by Crippen LogP contribution is -2.21. The molecule has 2 N–H and O–H groups in total. The Labute approximate surface area is 159 Å². The number of ether oxygens (including phenoxy) is 2. The van der Waals surface area contributed by atoms with Gasteiger partial charge in [-0.2, -0.15) is 0 Å². The number of hydrogen-bond donors (Lipinski definition) is 2. The van der Waals surface area contributed by atoms with E-state index in [9.17, 15) is 9.59 Å². The molecule has 0 unspecified atom stereocenters. The summed E-state index contributed by atoms with van der Waals surface area (Å²) in [6, 6.07) is 11.9. The first-order valence-electron chi connectivity index (χ1n) is 8.89. The number of methoxy groups -OCH3 is 1. The minimum absolute atomic E-state index is 0.266. The van der Waals surface area contributed by atoms with Gasteiger partial charge in [0.2, 0.25) is 0 Å². The fourth-order valence-corrected chi connectivity index (χ4v) is 2.45. The average Bonchev–Trinajstić information content (AvgIpc) is 2.67. The number of carbonyl (C=O) groups is 2. The molecule has 6 nitrogen and oxygen atoms in total. The van der Waals surface area contributed by atoms with Crippen LogP contribution in [0.2, 0.25) is 0 Å². The molecule has 2 aromatic rings. The maximum Gasteiger partial charge on any atom is 0.255 e. The number of anilines is 1. The Morgan fingerprint density at radius 1 is 1.04 bits per heavy atom. The minimum atomic E-state index is -0.335. The molecule has 0 bridgehead atoms. The monoisotopic (exact) mass is 370 g/mol. The molecule has 0 aliphatic heterocycles. The van der Waals surface area contributed by atoms with Gasteiger partial charge < -0.3 is 20.1 Å². The van der Waals surface area contributed by atoms with Crippen LogP contribution in [0.25, 0.3) is 0 Å². The Balaban J connectivity index is 2.16. The zero-order chi connectivity index (χ0) is 19.8. The lowest BCUT2D eigenvalue weighted by atomic mass is 10.1. The van der Waals surface area contributed by atoms with E-state index >= 15 is 0 Å². The molecule has 2 rings (SSSR count). The molecule has 0 atom stereocenters. The SMILES string of the molecule is CNC(=O)c1ccccc1NC(=O)c1ccc(OCCC(C)C)c(OC)c1. The number of nitrogens with one attached hydrogen (secondary N) is 2. The first-order chi connectivity index (χ1) is 13.0. The van der Waals surface area contributed by atoms with E-state index in [1.165, 1.54) is 7.11 Å². The second kappa shape index (κ2) is 9.62. The number of hydrogen-bond acceptors (Lipinski definition) is 4. The normalized spacial score (nSPS) is 10.4. The maximum absolute atomic E-state index is 12.6. The van der Waals surface area contributed by atoms with Crippen molar-refractivity contribution in [1.82, 2.24) is 5.32 Å². The molecule has 0 saturated heterocycles. The molecule has 0 heterocycles. The summed E-state index contributed by atoms with van der Waals surface area (Å²) in [7, 11) is 3.08. The van der Waals surface area contributed by atoms with Crippen molar-refractivity contribution in [3.8, 4) is 11.5 Å². The van der Waals surface area contributed by atoms with Gasteiger partial charge in [0.05, 0.1) is 25.0 Å². The Morgan fingerprint density at radius 2 is 1.78 bits per heavy atom. The topological polar surface area (TPSA) is 76.7 Å². The van der Waals surface area contributed by atoms with Crippen LogP contribution in [0, 0.1) is 5.92 Å². The van der Waals surface area contributed by atoms with Gasteiger partial charge in [-0.1, -0.05) is 26.0 Å². The van der Waals surface area contributed by atoms with Gasteiger partial charge in [0.1, 0.15) is 0 Å². The first kappa shape index (κ1) is 20.3. The second-order valence-corrected chi connectivity index (χ2v) is 6.48. The summed E-state index contributed by atoms with van der Waals surface area (Å²) < 4.78 is 11.1. The molecular weight excluding hydrogens is 344 g/mol. The van der Waals surface area contributed by atoms with Gasteiger partial charge in [0.15, 0.2) is 11.5 Å². The molecule has 0 spiro atoms. The standard InChI is InChI=1S/C21H26N2O4/c1-14(2)11-12-27-18-10-9-15(13-19(18)26-4)20(24)23-17-8-6-5-7-16(17)21(25)22-3/h5-10,13-14H,11-12H2,1-4H3,(H,22,25)(H,23,24). The van der Waals surface area contributed by atoms with Crippen molar-refractivity contribution >= 4 is 17.5 Å². The van der Waals surface area contributed by atoms with Crippen LogP contribution in [-0.4, -0.2) is 32.6 Å². The third-order valence-corrected chi connectivity index (χ3v) is 4.03.